The first kappa shape index (κ1) is 12.3. The van der Waals surface area contributed by atoms with Crippen molar-refractivity contribution in [3.8, 4) is 0 Å². The molecule has 0 aromatic rings. The molecule has 0 amide bonds. The molecule has 0 aromatic heterocycles. The summed E-state index contributed by atoms with van der Waals surface area (Å²) in [5.74, 6) is 0.242. The van der Waals surface area contributed by atoms with E-state index in [0.29, 0.717) is 6.42 Å². The Morgan fingerprint density at radius 1 is 1.54 bits per heavy atom. The minimum absolute atomic E-state index is 0.242. The van der Waals surface area contributed by atoms with Gasteiger partial charge in [-0.2, -0.15) is 0 Å². The fraction of sp³-hybridized carbons (Fsp3) is 0.455. The fourth-order valence-corrected chi connectivity index (χ4v) is 1.46. The quantitative estimate of drug-likeness (QED) is 0.640. The van der Waals surface area contributed by atoms with E-state index in [1.165, 1.54) is 11.8 Å². The van der Waals surface area contributed by atoms with Crippen LogP contribution in [0.3, 0.4) is 0 Å². The maximum Gasteiger partial charge on any atom is 0.169 e. The van der Waals surface area contributed by atoms with Crippen molar-refractivity contribution in [1.82, 2.24) is 0 Å². The lowest BCUT2D eigenvalue weighted by atomic mass is 10.2. The summed E-state index contributed by atoms with van der Waals surface area (Å²) in [5.41, 5.74) is 2.90. The summed E-state index contributed by atoms with van der Waals surface area (Å²) in [6.07, 6.45) is 5.17. The zero-order valence-electron chi connectivity index (χ0n) is 8.46. The van der Waals surface area contributed by atoms with Crippen LogP contribution in [0.5, 0.6) is 0 Å². The third-order valence-electron chi connectivity index (χ3n) is 1.34. The van der Waals surface area contributed by atoms with Crippen LogP contribution in [0.2, 0.25) is 0 Å². The van der Waals surface area contributed by atoms with Crippen LogP contribution in [-0.4, -0.2) is 5.78 Å². The molecule has 13 heavy (non-hydrogen) atoms. The van der Waals surface area contributed by atoms with Gasteiger partial charge in [0.05, 0.1) is 4.91 Å². The molecule has 1 heterocycles. The van der Waals surface area contributed by atoms with Crippen LogP contribution in [0.15, 0.2) is 28.2 Å². The minimum atomic E-state index is 0.242. The van der Waals surface area contributed by atoms with Crippen molar-refractivity contribution in [3.63, 3.8) is 0 Å². The van der Waals surface area contributed by atoms with Crippen molar-refractivity contribution in [3.05, 3.63) is 28.2 Å². The van der Waals surface area contributed by atoms with Crippen LogP contribution in [-0.2, 0) is 4.79 Å². The summed E-state index contributed by atoms with van der Waals surface area (Å²) in [5, 5.41) is 1.81. The van der Waals surface area contributed by atoms with Gasteiger partial charge in [0.2, 0.25) is 0 Å². The minimum Gasteiger partial charge on any atom is -0.294 e. The summed E-state index contributed by atoms with van der Waals surface area (Å²) in [6, 6.07) is 0. The van der Waals surface area contributed by atoms with Crippen molar-refractivity contribution in [2.45, 2.75) is 33.6 Å². The molecule has 0 N–H and O–H groups in total. The highest BCUT2D eigenvalue weighted by Gasteiger charge is 2.07. The van der Waals surface area contributed by atoms with Crippen LogP contribution in [0.1, 0.15) is 33.6 Å². The average molecular weight is 196 g/mol. The number of allylic oxidation sites excluding steroid dienone is 3. The van der Waals surface area contributed by atoms with Crippen molar-refractivity contribution in [1.29, 1.82) is 0 Å². The number of thioether (sulfide) groups is 1. The molecule has 0 aliphatic carbocycles. The first-order valence-corrected chi connectivity index (χ1v) is 5.53. The number of carbonyl (C=O) groups is 1. The van der Waals surface area contributed by atoms with Gasteiger partial charge in [-0.05, 0) is 18.6 Å². The highest BCUT2D eigenvalue weighted by atomic mass is 32.2. The van der Waals surface area contributed by atoms with Gasteiger partial charge in [0.15, 0.2) is 5.78 Å². The Morgan fingerprint density at radius 2 is 2.23 bits per heavy atom. The maximum atomic E-state index is 11.2. The molecule has 1 aliphatic rings. The number of hydrogen-bond donors (Lipinski definition) is 0. The van der Waals surface area contributed by atoms with E-state index in [1.807, 2.05) is 32.3 Å². The molecule has 72 valence electrons. The van der Waals surface area contributed by atoms with Gasteiger partial charge in [-0.25, -0.2) is 0 Å². The van der Waals surface area contributed by atoms with Crippen LogP contribution in [0.4, 0.5) is 0 Å². The smallest absolute Gasteiger partial charge is 0.169 e. The molecule has 0 atom stereocenters. The van der Waals surface area contributed by atoms with Gasteiger partial charge in [0, 0.05) is 11.8 Å². The van der Waals surface area contributed by atoms with Gasteiger partial charge < -0.3 is 0 Å². The van der Waals surface area contributed by atoms with Gasteiger partial charge in [-0.1, -0.05) is 32.5 Å². The first-order valence-electron chi connectivity index (χ1n) is 4.65. The number of carbonyl (C=O) groups excluding carboxylic acids is 1. The number of rotatable bonds is 3. The second kappa shape index (κ2) is 7.90. The Balaban J connectivity index is 0.000000671. The highest BCUT2D eigenvalue weighted by Crippen LogP contribution is 2.21. The molecule has 1 aliphatic heterocycles. The zero-order valence-corrected chi connectivity index (χ0v) is 9.28. The Hall–Kier alpha value is -0.720. The molecule has 0 spiro atoms. The molecule has 2 heteroatoms. The Morgan fingerprint density at radius 3 is 2.69 bits per heavy atom. The van der Waals surface area contributed by atoms with E-state index in [0.717, 1.165) is 11.3 Å². The fourth-order valence-electron chi connectivity index (χ4n) is 0.809. The summed E-state index contributed by atoms with van der Waals surface area (Å²) in [6.45, 7) is 6.01. The Kier molecular flexibility index (Phi) is 7.47. The highest BCUT2D eigenvalue weighted by molar-refractivity contribution is 8.06. The van der Waals surface area contributed by atoms with Crippen LogP contribution in [0.25, 0.3) is 0 Å². The van der Waals surface area contributed by atoms with E-state index in [9.17, 15) is 4.79 Å². The van der Waals surface area contributed by atoms with Crippen molar-refractivity contribution in [2.75, 3.05) is 0 Å². The summed E-state index contributed by atoms with van der Waals surface area (Å²) < 4.78 is 0. The van der Waals surface area contributed by atoms with E-state index in [2.05, 4.69) is 5.73 Å². The predicted octanol–water partition coefficient (Wildman–Crippen LogP) is 3.68. The van der Waals surface area contributed by atoms with Gasteiger partial charge in [0.1, 0.15) is 0 Å². The van der Waals surface area contributed by atoms with Gasteiger partial charge >= 0.3 is 0 Å². The Bertz CT molecular complexity index is 245. The second-order valence-electron chi connectivity index (χ2n) is 2.27. The van der Waals surface area contributed by atoms with Crippen molar-refractivity contribution in [2.24, 2.45) is 0 Å². The van der Waals surface area contributed by atoms with Crippen LogP contribution < -0.4 is 0 Å². The molecule has 1 rings (SSSR count). The lowest BCUT2D eigenvalue weighted by molar-refractivity contribution is -0.114. The topological polar surface area (TPSA) is 17.1 Å². The molecule has 0 radical (unpaired) electrons. The monoisotopic (exact) mass is 196 g/mol. The predicted molar refractivity (Wildman–Crippen MR) is 59.6 cm³/mol. The lowest BCUT2D eigenvalue weighted by Gasteiger charge is -2.01. The molecule has 0 aromatic carbocycles. The van der Waals surface area contributed by atoms with Crippen LogP contribution in [0, 0.1) is 0 Å². The van der Waals surface area contributed by atoms with E-state index >= 15 is 0 Å². The summed E-state index contributed by atoms with van der Waals surface area (Å²) in [4.78, 5) is 12.1. The van der Waals surface area contributed by atoms with E-state index in [4.69, 9.17) is 0 Å². The second-order valence-corrected chi connectivity index (χ2v) is 3.18. The molecular weight excluding hydrogens is 180 g/mol. The van der Waals surface area contributed by atoms with Gasteiger partial charge in [0.25, 0.3) is 0 Å². The third-order valence-corrected chi connectivity index (χ3v) is 2.21. The van der Waals surface area contributed by atoms with Crippen molar-refractivity contribution < 1.29 is 4.79 Å². The molecule has 1 nitrogen and oxygen atoms in total. The summed E-state index contributed by atoms with van der Waals surface area (Å²) >= 11 is 1.46. The molecular formula is C11H16OS. The van der Waals surface area contributed by atoms with E-state index < -0.39 is 0 Å². The van der Waals surface area contributed by atoms with Gasteiger partial charge in [-0.15, -0.1) is 5.73 Å². The largest absolute Gasteiger partial charge is 0.294 e. The van der Waals surface area contributed by atoms with Crippen LogP contribution >= 0.6 is 11.8 Å². The maximum absolute atomic E-state index is 11.2. The Labute approximate surface area is 84.6 Å². The summed E-state index contributed by atoms with van der Waals surface area (Å²) in [7, 11) is 0. The SMILES string of the molecule is CC.CCCC(=O)C1=CC=C=CS1. The molecule has 0 saturated carbocycles. The van der Waals surface area contributed by atoms with E-state index in [1.54, 1.807) is 6.08 Å². The third kappa shape index (κ3) is 4.76. The molecule has 0 unspecified atom stereocenters. The number of Topliss-reactive ketones (excluding diaryl/α,β-unsaturated/α-hetero) is 1. The zero-order chi connectivity index (χ0) is 10.1. The average Bonchev–Trinajstić information content (AvgIpc) is 2.23. The first-order chi connectivity index (χ1) is 6.34. The molecule has 0 saturated heterocycles. The number of ketones is 1. The standard InChI is InChI=1S/C9H10OS.C2H6/c1-2-5-8(10)9-6-3-4-7-11-9;1-2/h3,6-7H,2,5H2,1H3;1-2H3. The lowest BCUT2D eigenvalue weighted by Crippen LogP contribution is -1.98. The normalized spacial score (nSPS) is 13.0. The van der Waals surface area contributed by atoms with Gasteiger partial charge in [-0.3, -0.25) is 4.79 Å². The van der Waals surface area contributed by atoms with E-state index in [-0.39, 0.29) is 5.78 Å². The number of hydrogen-bond acceptors (Lipinski definition) is 2. The van der Waals surface area contributed by atoms with Crippen molar-refractivity contribution >= 4 is 17.5 Å². The molecule has 0 bridgehead atoms. The molecule has 0 fully saturated rings.